The number of pyridine rings is 2. The van der Waals surface area contributed by atoms with Gasteiger partial charge in [0.2, 0.25) is 0 Å². The average molecular weight is 297 g/mol. The lowest BCUT2D eigenvalue weighted by atomic mass is 10.0. The predicted molar refractivity (Wildman–Crippen MR) is 94.5 cm³/mol. The Morgan fingerprint density at radius 2 is 1.26 bits per heavy atom. The molecule has 0 atom stereocenters. The van der Waals surface area contributed by atoms with Gasteiger partial charge >= 0.3 is 0 Å². The molecule has 2 heterocycles. The minimum absolute atomic E-state index is 0.0428. The third-order valence-electron chi connectivity index (χ3n) is 4.02. The molecule has 0 saturated carbocycles. The summed E-state index contributed by atoms with van der Waals surface area (Å²) in [6.07, 6.45) is 2.00. The van der Waals surface area contributed by atoms with Crippen LogP contribution in [0.15, 0.2) is 95.9 Å². The van der Waals surface area contributed by atoms with Crippen molar-refractivity contribution in [2.24, 2.45) is 0 Å². The van der Waals surface area contributed by atoms with Gasteiger partial charge in [-0.05, 0) is 23.3 Å². The third kappa shape index (κ3) is 2.34. The SMILES string of the molecule is O=c1cc(-c2ccccc2)n2ccccc2c1-c1ccccc1. The minimum Gasteiger partial charge on any atom is -0.316 e. The third-order valence-corrected chi connectivity index (χ3v) is 4.02. The lowest BCUT2D eigenvalue weighted by Gasteiger charge is -2.13. The summed E-state index contributed by atoms with van der Waals surface area (Å²) in [5.74, 6) is 0. The fourth-order valence-corrected chi connectivity index (χ4v) is 2.98. The van der Waals surface area contributed by atoms with Gasteiger partial charge in [-0.25, -0.2) is 0 Å². The second-order valence-corrected chi connectivity index (χ2v) is 5.46. The van der Waals surface area contributed by atoms with Crippen LogP contribution in [-0.2, 0) is 0 Å². The Hall–Kier alpha value is -3.13. The van der Waals surface area contributed by atoms with E-state index >= 15 is 0 Å². The number of rotatable bonds is 2. The molecular weight excluding hydrogens is 282 g/mol. The maximum Gasteiger partial charge on any atom is 0.190 e. The first-order valence-corrected chi connectivity index (χ1v) is 7.60. The van der Waals surface area contributed by atoms with Crippen LogP contribution >= 0.6 is 0 Å². The highest BCUT2D eigenvalue weighted by Crippen LogP contribution is 2.26. The van der Waals surface area contributed by atoms with E-state index in [1.54, 1.807) is 6.07 Å². The lowest BCUT2D eigenvalue weighted by Crippen LogP contribution is -2.09. The summed E-state index contributed by atoms with van der Waals surface area (Å²) < 4.78 is 2.08. The first kappa shape index (κ1) is 13.5. The van der Waals surface area contributed by atoms with E-state index < -0.39 is 0 Å². The molecule has 23 heavy (non-hydrogen) atoms. The zero-order valence-corrected chi connectivity index (χ0v) is 12.5. The standard InChI is InChI=1S/C21H15NO/c23-20-15-19(16-9-3-1-4-10-16)22-14-8-7-13-18(22)21(20)17-11-5-2-6-12-17/h1-15H. The van der Waals surface area contributed by atoms with E-state index in [1.165, 1.54) is 0 Å². The molecule has 2 heteroatoms. The summed E-state index contributed by atoms with van der Waals surface area (Å²) in [5, 5.41) is 0. The number of hydrogen-bond acceptors (Lipinski definition) is 1. The highest BCUT2D eigenvalue weighted by Gasteiger charge is 2.12. The van der Waals surface area contributed by atoms with Gasteiger partial charge in [-0.1, -0.05) is 66.7 Å². The molecule has 4 rings (SSSR count). The summed E-state index contributed by atoms with van der Waals surface area (Å²) in [7, 11) is 0. The van der Waals surface area contributed by atoms with Gasteiger partial charge in [0.15, 0.2) is 5.43 Å². The molecule has 0 amide bonds. The Bertz CT molecular complexity index is 1020. The van der Waals surface area contributed by atoms with Gasteiger partial charge in [0, 0.05) is 12.3 Å². The topological polar surface area (TPSA) is 21.5 Å². The molecule has 0 aliphatic carbocycles. The Morgan fingerprint density at radius 3 is 1.96 bits per heavy atom. The van der Waals surface area contributed by atoms with Crippen molar-refractivity contribution >= 4 is 5.52 Å². The molecule has 0 bridgehead atoms. The number of benzene rings is 2. The second-order valence-electron chi connectivity index (χ2n) is 5.46. The highest BCUT2D eigenvalue weighted by atomic mass is 16.1. The van der Waals surface area contributed by atoms with E-state index in [0.717, 1.165) is 27.9 Å². The fourth-order valence-electron chi connectivity index (χ4n) is 2.98. The predicted octanol–water partition coefficient (Wildman–Crippen LogP) is 4.63. The highest BCUT2D eigenvalue weighted by molar-refractivity contribution is 5.82. The van der Waals surface area contributed by atoms with Crippen LogP contribution in [0.25, 0.3) is 27.9 Å². The van der Waals surface area contributed by atoms with Gasteiger partial charge in [-0.15, -0.1) is 0 Å². The molecule has 0 unspecified atom stereocenters. The minimum atomic E-state index is 0.0428. The second kappa shape index (κ2) is 5.58. The number of nitrogens with zero attached hydrogens (tertiary/aromatic N) is 1. The Morgan fingerprint density at radius 1 is 0.652 bits per heavy atom. The molecule has 2 aromatic heterocycles. The summed E-state index contributed by atoms with van der Waals surface area (Å²) in [6.45, 7) is 0. The summed E-state index contributed by atoms with van der Waals surface area (Å²) in [4.78, 5) is 12.8. The first-order valence-electron chi connectivity index (χ1n) is 7.60. The molecule has 0 aliphatic heterocycles. The van der Waals surface area contributed by atoms with Crippen LogP contribution in [0.5, 0.6) is 0 Å². The van der Waals surface area contributed by atoms with Gasteiger partial charge in [-0.3, -0.25) is 4.79 Å². The smallest absolute Gasteiger partial charge is 0.190 e. The van der Waals surface area contributed by atoms with Crippen molar-refractivity contribution < 1.29 is 0 Å². The van der Waals surface area contributed by atoms with E-state index in [4.69, 9.17) is 0 Å². The maximum atomic E-state index is 12.8. The average Bonchev–Trinajstić information content (AvgIpc) is 2.62. The van der Waals surface area contributed by atoms with E-state index in [9.17, 15) is 4.79 Å². The first-order chi connectivity index (χ1) is 11.3. The van der Waals surface area contributed by atoms with Crippen molar-refractivity contribution in [1.82, 2.24) is 4.40 Å². The zero-order valence-electron chi connectivity index (χ0n) is 12.5. The monoisotopic (exact) mass is 297 g/mol. The van der Waals surface area contributed by atoms with Crippen LogP contribution in [0, 0.1) is 0 Å². The molecule has 110 valence electrons. The van der Waals surface area contributed by atoms with Gasteiger partial charge in [0.1, 0.15) is 0 Å². The van der Waals surface area contributed by atoms with Gasteiger partial charge in [0.25, 0.3) is 0 Å². The molecule has 0 spiro atoms. The Balaban J connectivity index is 2.10. The van der Waals surface area contributed by atoms with Crippen molar-refractivity contribution in [3.63, 3.8) is 0 Å². The van der Waals surface area contributed by atoms with Gasteiger partial charge in [-0.2, -0.15) is 0 Å². The molecule has 0 N–H and O–H groups in total. The van der Waals surface area contributed by atoms with Crippen molar-refractivity contribution in [3.8, 4) is 22.4 Å². The summed E-state index contributed by atoms with van der Waals surface area (Å²) in [5.41, 5.74) is 4.59. The molecule has 0 fully saturated rings. The largest absolute Gasteiger partial charge is 0.316 e. The maximum absolute atomic E-state index is 12.8. The van der Waals surface area contributed by atoms with Crippen molar-refractivity contribution in [2.75, 3.05) is 0 Å². The number of aromatic nitrogens is 1. The van der Waals surface area contributed by atoms with Crippen molar-refractivity contribution in [2.45, 2.75) is 0 Å². The van der Waals surface area contributed by atoms with E-state index in [-0.39, 0.29) is 5.43 Å². The van der Waals surface area contributed by atoms with Crippen LogP contribution in [0.2, 0.25) is 0 Å². The van der Waals surface area contributed by atoms with E-state index in [1.807, 2.05) is 85.1 Å². The normalized spacial score (nSPS) is 10.8. The Kier molecular flexibility index (Phi) is 3.28. The number of hydrogen-bond donors (Lipinski definition) is 0. The van der Waals surface area contributed by atoms with Gasteiger partial charge in [0.05, 0.1) is 16.8 Å². The van der Waals surface area contributed by atoms with Crippen LogP contribution in [-0.4, -0.2) is 4.40 Å². The molecule has 0 radical (unpaired) electrons. The van der Waals surface area contributed by atoms with Crippen molar-refractivity contribution in [3.05, 3.63) is 101 Å². The van der Waals surface area contributed by atoms with E-state index in [0.29, 0.717) is 0 Å². The lowest BCUT2D eigenvalue weighted by molar-refractivity contribution is 1.16. The summed E-state index contributed by atoms with van der Waals surface area (Å²) in [6, 6.07) is 27.5. The number of fused-ring (bicyclic) bond motifs is 1. The zero-order chi connectivity index (χ0) is 15.6. The Labute approximate surface area is 134 Å². The molecular formula is C21H15NO. The quantitative estimate of drug-likeness (QED) is 0.528. The molecule has 0 saturated heterocycles. The molecule has 4 aromatic rings. The summed E-state index contributed by atoms with van der Waals surface area (Å²) >= 11 is 0. The van der Waals surface area contributed by atoms with Crippen LogP contribution in [0.4, 0.5) is 0 Å². The van der Waals surface area contributed by atoms with Crippen molar-refractivity contribution in [1.29, 1.82) is 0 Å². The molecule has 2 aromatic carbocycles. The fraction of sp³-hybridized carbons (Fsp3) is 0. The van der Waals surface area contributed by atoms with E-state index in [2.05, 4.69) is 4.40 Å². The van der Waals surface area contributed by atoms with Gasteiger partial charge < -0.3 is 4.40 Å². The molecule has 0 aliphatic rings. The van der Waals surface area contributed by atoms with Crippen LogP contribution in [0.1, 0.15) is 0 Å². The molecule has 2 nitrogen and oxygen atoms in total. The van der Waals surface area contributed by atoms with Crippen LogP contribution in [0.3, 0.4) is 0 Å². The van der Waals surface area contributed by atoms with Crippen LogP contribution < -0.4 is 5.43 Å².